The molecular weight excluding hydrogens is 412 g/mol. The third kappa shape index (κ3) is 5.45. The quantitative estimate of drug-likeness (QED) is 0.226. The van der Waals surface area contributed by atoms with Gasteiger partial charge in [-0.1, -0.05) is 112 Å². The number of carbonyl (C=O) groups excluding carboxylic acids is 1. The second-order valence-electron chi connectivity index (χ2n) is 8.79. The minimum absolute atomic E-state index is 0.237. The van der Waals surface area contributed by atoms with E-state index in [4.69, 9.17) is 9.16 Å². The van der Waals surface area contributed by atoms with E-state index in [1.165, 1.54) is 6.08 Å². The van der Waals surface area contributed by atoms with Crippen molar-refractivity contribution < 1.29 is 14.0 Å². The number of rotatable bonds is 8. The molecule has 0 bridgehead atoms. The molecule has 1 unspecified atom stereocenters. The summed E-state index contributed by atoms with van der Waals surface area (Å²) in [6, 6.07) is 31.4. The topological polar surface area (TPSA) is 35.5 Å². The maximum absolute atomic E-state index is 12.1. The highest BCUT2D eigenvalue weighted by Gasteiger charge is 2.45. The summed E-state index contributed by atoms with van der Waals surface area (Å²) in [7, 11) is -2.89. The van der Waals surface area contributed by atoms with Crippen molar-refractivity contribution in [2.24, 2.45) is 5.41 Å². The van der Waals surface area contributed by atoms with Crippen LogP contribution in [-0.2, 0) is 14.0 Å². The van der Waals surface area contributed by atoms with Crippen molar-refractivity contribution in [1.82, 2.24) is 0 Å². The summed E-state index contributed by atoms with van der Waals surface area (Å²) in [4.78, 5) is 12.1. The second-order valence-corrected chi connectivity index (χ2v) is 12.1. The lowest BCUT2D eigenvalue weighted by molar-refractivity contribution is -0.137. The third-order valence-electron chi connectivity index (χ3n) is 5.39. The zero-order chi connectivity index (χ0) is 23.0. The van der Waals surface area contributed by atoms with Crippen LogP contribution in [0.5, 0.6) is 0 Å². The van der Waals surface area contributed by atoms with E-state index < -0.39 is 8.32 Å². The summed E-state index contributed by atoms with van der Waals surface area (Å²) in [6.07, 6.45) is 3.05. The van der Waals surface area contributed by atoms with Crippen molar-refractivity contribution in [1.29, 1.82) is 0 Å². The van der Waals surface area contributed by atoms with Crippen molar-refractivity contribution in [3.05, 3.63) is 103 Å². The average Bonchev–Trinajstić information content (AvgIpc) is 2.80. The molecule has 0 aliphatic heterocycles. The van der Waals surface area contributed by atoms with Crippen LogP contribution in [0.2, 0.25) is 0 Å². The first-order valence-corrected chi connectivity index (χ1v) is 13.0. The lowest BCUT2D eigenvalue weighted by atomic mass is 9.89. The average molecular weight is 445 g/mol. The van der Waals surface area contributed by atoms with Crippen molar-refractivity contribution in [2.75, 3.05) is 6.61 Å². The summed E-state index contributed by atoms with van der Waals surface area (Å²) in [6.45, 7) is 8.55. The lowest BCUT2D eigenvalue weighted by Gasteiger charge is -2.40. The van der Waals surface area contributed by atoms with Gasteiger partial charge in [-0.3, -0.25) is 0 Å². The number of hydrogen-bond donors (Lipinski definition) is 0. The van der Waals surface area contributed by atoms with Crippen LogP contribution < -0.4 is 15.6 Å². The van der Waals surface area contributed by atoms with Gasteiger partial charge < -0.3 is 9.16 Å². The van der Waals surface area contributed by atoms with E-state index in [9.17, 15) is 4.79 Å². The highest BCUT2D eigenvalue weighted by atomic mass is 28.4. The molecule has 0 aliphatic rings. The van der Waals surface area contributed by atoms with Gasteiger partial charge in [0.2, 0.25) is 0 Å². The van der Waals surface area contributed by atoms with Crippen LogP contribution in [0.15, 0.2) is 103 Å². The molecule has 0 heterocycles. The molecule has 0 fully saturated rings. The van der Waals surface area contributed by atoms with Crippen LogP contribution >= 0.6 is 0 Å². The fraction of sp³-hybridized carbons (Fsp3) is 0.250. The van der Waals surface area contributed by atoms with Crippen LogP contribution in [0.1, 0.15) is 27.7 Å². The molecular formula is C28H32O3Si. The minimum atomic E-state index is -2.89. The first-order chi connectivity index (χ1) is 15.4. The molecule has 0 saturated heterocycles. The normalized spacial score (nSPS) is 13.1. The lowest BCUT2D eigenvalue weighted by Crippen LogP contribution is -2.71. The first-order valence-electron chi connectivity index (χ1n) is 11.1. The Morgan fingerprint density at radius 3 is 1.56 bits per heavy atom. The number of hydrogen-bond acceptors (Lipinski definition) is 3. The fourth-order valence-corrected chi connectivity index (χ4v) is 7.98. The molecule has 0 aromatic heterocycles. The second kappa shape index (κ2) is 10.6. The van der Waals surface area contributed by atoms with Crippen molar-refractivity contribution in [3.8, 4) is 0 Å². The van der Waals surface area contributed by atoms with Crippen LogP contribution in [0.25, 0.3) is 0 Å². The molecule has 0 N–H and O–H groups in total. The number of ether oxygens (including phenoxy) is 1. The molecule has 3 aromatic carbocycles. The van der Waals surface area contributed by atoms with Gasteiger partial charge in [0, 0.05) is 6.08 Å². The minimum Gasteiger partial charge on any atom is -0.463 e. The van der Waals surface area contributed by atoms with Gasteiger partial charge in [0.15, 0.2) is 0 Å². The van der Waals surface area contributed by atoms with Crippen LogP contribution in [0.3, 0.4) is 0 Å². The predicted octanol–water partition coefficient (Wildman–Crippen LogP) is 4.20. The molecule has 0 spiro atoms. The Morgan fingerprint density at radius 2 is 1.22 bits per heavy atom. The van der Waals surface area contributed by atoms with E-state index in [0.717, 1.165) is 15.6 Å². The third-order valence-corrected chi connectivity index (χ3v) is 9.44. The van der Waals surface area contributed by atoms with Crippen LogP contribution in [-0.4, -0.2) is 27.0 Å². The highest BCUT2D eigenvalue weighted by Crippen LogP contribution is 2.27. The summed E-state index contributed by atoms with van der Waals surface area (Å²) in [5.41, 5.74) is -0.237. The molecule has 1 atom stereocenters. The maximum atomic E-state index is 12.1. The Morgan fingerprint density at radius 1 is 0.812 bits per heavy atom. The van der Waals surface area contributed by atoms with Gasteiger partial charge >= 0.3 is 5.97 Å². The molecule has 3 nitrogen and oxygen atoms in total. The Labute approximate surface area is 192 Å². The SMILES string of the molecule is CCOC(=O)C=CC(O[Si](c1ccccc1)(c1ccccc1)c1ccccc1)C(C)(C)C. The van der Waals surface area contributed by atoms with Crippen molar-refractivity contribution in [3.63, 3.8) is 0 Å². The molecule has 0 amide bonds. The molecule has 166 valence electrons. The van der Waals surface area contributed by atoms with Gasteiger partial charge in [-0.25, -0.2) is 4.79 Å². The highest BCUT2D eigenvalue weighted by molar-refractivity contribution is 7.07. The van der Waals surface area contributed by atoms with E-state index in [2.05, 4.69) is 93.6 Å². The molecule has 3 rings (SSSR count). The zero-order valence-electron chi connectivity index (χ0n) is 19.3. The molecule has 4 heteroatoms. The van der Waals surface area contributed by atoms with Gasteiger partial charge in [-0.05, 0) is 34.0 Å². The molecule has 0 saturated carbocycles. The number of esters is 1. The van der Waals surface area contributed by atoms with E-state index in [0.29, 0.717) is 6.61 Å². The Bertz CT molecular complexity index is 912. The first kappa shape index (κ1) is 23.7. The summed E-state index contributed by atoms with van der Waals surface area (Å²) >= 11 is 0. The smallest absolute Gasteiger partial charge is 0.330 e. The molecule has 0 radical (unpaired) electrons. The standard InChI is InChI=1S/C28H32O3Si/c1-5-30-27(29)22-21-26(28(2,3)4)31-32(23-15-9-6-10-16-23,24-17-11-7-12-18-24)25-19-13-8-14-20-25/h6-22,26H,5H2,1-4H3. The van der Waals surface area contributed by atoms with Crippen LogP contribution in [0, 0.1) is 5.41 Å². The Kier molecular flexibility index (Phi) is 7.83. The van der Waals surface area contributed by atoms with E-state index in [-0.39, 0.29) is 17.5 Å². The van der Waals surface area contributed by atoms with Gasteiger partial charge in [0.25, 0.3) is 8.32 Å². The van der Waals surface area contributed by atoms with Gasteiger partial charge in [0.05, 0.1) is 12.7 Å². The predicted molar refractivity (Wildman–Crippen MR) is 134 cm³/mol. The van der Waals surface area contributed by atoms with E-state index in [1.54, 1.807) is 0 Å². The van der Waals surface area contributed by atoms with Gasteiger partial charge in [-0.2, -0.15) is 0 Å². The number of carbonyl (C=O) groups is 1. The summed E-state index contributed by atoms with van der Waals surface area (Å²) < 4.78 is 12.4. The Hall–Kier alpha value is -2.95. The monoisotopic (exact) mass is 444 g/mol. The largest absolute Gasteiger partial charge is 0.463 e. The number of benzene rings is 3. The fourth-order valence-electron chi connectivity index (χ4n) is 3.77. The zero-order valence-corrected chi connectivity index (χ0v) is 20.3. The Balaban J connectivity index is 2.22. The summed E-state index contributed by atoms with van der Waals surface area (Å²) in [5, 5.41) is 3.49. The van der Waals surface area contributed by atoms with Gasteiger partial charge in [0.1, 0.15) is 0 Å². The summed E-state index contributed by atoms with van der Waals surface area (Å²) in [5.74, 6) is -0.350. The van der Waals surface area contributed by atoms with Crippen molar-refractivity contribution in [2.45, 2.75) is 33.8 Å². The van der Waals surface area contributed by atoms with Crippen LogP contribution in [0.4, 0.5) is 0 Å². The van der Waals surface area contributed by atoms with Gasteiger partial charge in [-0.15, -0.1) is 0 Å². The van der Waals surface area contributed by atoms with Crippen molar-refractivity contribution >= 4 is 29.8 Å². The molecule has 32 heavy (non-hydrogen) atoms. The molecule has 0 aliphatic carbocycles. The van der Waals surface area contributed by atoms with E-state index in [1.807, 2.05) is 31.2 Å². The molecule has 3 aromatic rings. The maximum Gasteiger partial charge on any atom is 0.330 e. The van der Waals surface area contributed by atoms with E-state index >= 15 is 0 Å².